The maximum atomic E-state index is 12.4. The molecule has 0 atom stereocenters. The predicted octanol–water partition coefficient (Wildman–Crippen LogP) is 4.67. The minimum atomic E-state index is -0.575. The average Bonchev–Trinajstić information content (AvgIpc) is 2.57. The zero-order valence-electron chi connectivity index (χ0n) is 14.8. The summed E-state index contributed by atoms with van der Waals surface area (Å²) in [6, 6.07) is 11.0. The number of hydrogen-bond donors (Lipinski definition) is 1. The number of ketones is 2. The molecular formula is C22H22O3. The van der Waals surface area contributed by atoms with E-state index >= 15 is 0 Å². The summed E-state index contributed by atoms with van der Waals surface area (Å²) in [5.74, 6) is -1.14. The first-order chi connectivity index (χ1) is 11.9. The smallest absolute Gasteiger partial charge is 0.234 e. The number of fused-ring (bicyclic) bond motifs is 1. The van der Waals surface area contributed by atoms with Crippen molar-refractivity contribution in [2.24, 2.45) is 0 Å². The Labute approximate surface area is 148 Å². The Morgan fingerprint density at radius 1 is 0.840 bits per heavy atom. The zero-order valence-corrected chi connectivity index (χ0v) is 14.8. The topological polar surface area (TPSA) is 54.4 Å². The molecule has 0 aliphatic heterocycles. The first-order valence-corrected chi connectivity index (χ1v) is 8.57. The molecule has 0 radical (unpaired) electrons. The lowest BCUT2D eigenvalue weighted by Gasteiger charge is -2.18. The number of carbonyl (C=O) groups excluding carboxylic acids is 2. The van der Waals surface area contributed by atoms with Crippen LogP contribution in [0.4, 0.5) is 0 Å². The quantitative estimate of drug-likeness (QED) is 0.827. The van der Waals surface area contributed by atoms with Crippen molar-refractivity contribution in [3.63, 3.8) is 0 Å². The van der Waals surface area contributed by atoms with Gasteiger partial charge in [0.15, 0.2) is 0 Å². The molecule has 3 nitrogen and oxygen atoms in total. The third-order valence-corrected chi connectivity index (χ3v) is 4.89. The van der Waals surface area contributed by atoms with Gasteiger partial charge in [-0.3, -0.25) is 9.59 Å². The van der Waals surface area contributed by atoms with Crippen LogP contribution in [0.15, 0.2) is 42.0 Å². The highest BCUT2D eigenvalue weighted by molar-refractivity contribution is 6.52. The number of rotatable bonds is 4. The average molecular weight is 334 g/mol. The monoisotopic (exact) mass is 334 g/mol. The van der Waals surface area contributed by atoms with Crippen LogP contribution in [0.1, 0.15) is 51.0 Å². The molecule has 0 unspecified atom stereocenters. The van der Waals surface area contributed by atoms with Crippen LogP contribution in [0, 0.1) is 20.8 Å². The molecule has 0 saturated carbocycles. The summed E-state index contributed by atoms with van der Waals surface area (Å²) in [7, 11) is 0. The molecular weight excluding hydrogens is 312 g/mol. The molecule has 2 aromatic rings. The lowest BCUT2D eigenvalue weighted by Crippen LogP contribution is -2.24. The van der Waals surface area contributed by atoms with Crippen LogP contribution in [0.25, 0.3) is 5.76 Å². The van der Waals surface area contributed by atoms with E-state index in [1.54, 1.807) is 24.3 Å². The van der Waals surface area contributed by atoms with Gasteiger partial charge < -0.3 is 5.11 Å². The van der Waals surface area contributed by atoms with Crippen molar-refractivity contribution >= 4 is 17.3 Å². The Balaban J connectivity index is 1.82. The van der Waals surface area contributed by atoms with Crippen molar-refractivity contribution < 1.29 is 14.7 Å². The molecule has 0 aromatic heterocycles. The Bertz CT molecular complexity index is 880. The van der Waals surface area contributed by atoms with Crippen molar-refractivity contribution in [2.75, 3.05) is 0 Å². The van der Waals surface area contributed by atoms with Gasteiger partial charge in [-0.15, -0.1) is 0 Å². The number of carbonyl (C=O) groups is 2. The summed E-state index contributed by atoms with van der Waals surface area (Å²) in [4.78, 5) is 24.6. The number of aliphatic hydroxyl groups is 1. The van der Waals surface area contributed by atoms with Crippen molar-refractivity contribution in [3.05, 3.63) is 75.4 Å². The van der Waals surface area contributed by atoms with Crippen LogP contribution in [-0.4, -0.2) is 16.7 Å². The molecule has 1 aliphatic carbocycles. The number of hydrogen-bond acceptors (Lipinski definition) is 3. The van der Waals surface area contributed by atoms with Crippen LogP contribution < -0.4 is 0 Å². The lowest BCUT2D eigenvalue weighted by molar-refractivity contribution is -0.112. The molecule has 128 valence electrons. The molecule has 0 heterocycles. The highest BCUT2D eigenvalue weighted by Gasteiger charge is 2.31. The van der Waals surface area contributed by atoms with E-state index in [0.29, 0.717) is 24.0 Å². The summed E-state index contributed by atoms with van der Waals surface area (Å²) >= 11 is 0. The first-order valence-electron chi connectivity index (χ1n) is 8.57. The number of Topliss-reactive ketones (excluding diaryl/α,β-unsaturated/α-hetero) is 2. The van der Waals surface area contributed by atoms with E-state index in [2.05, 4.69) is 32.9 Å². The molecule has 3 rings (SSSR count). The standard InChI is InChI=1S/C22H22O3/c1-13-11-14(2)16(15(3)12-13)9-6-10-19-20(23)17-7-4-5-8-18(17)21(24)22(19)25/h4-5,7-8,11-12,23H,6,9-10H2,1-3H3. The summed E-state index contributed by atoms with van der Waals surface area (Å²) in [5, 5.41) is 10.5. The van der Waals surface area contributed by atoms with E-state index in [1.807, 2.05) is 0 Å². The van der Waals surface area contributed by atoms with Crippen molar-refractivity contribution in [1.82, 2.24) is 0 Å². The van der Waals surface area contributed by atoms with E-state index in [4.69, 9.17) is 0 Å². The largest absolute Gasteiger partial charge is 0.507 e. The van der Waals surface area contributed by atoms with Gasteiger partial charge in [0, 0.05) is 16.7 Å². The van der Waals surface area contributed by atoms with Gasteiger partial charge in [-0.05, 0) is 56.7 Å². The van der Waals surface area contributed by atoms with Crippen molar-refractivity contribution in [2.45, 2.75) is 40.0 Å². The molecule has 25 heavy (non-hydrogen) atoms. The van der Waals surface area contributed by atoms with Gasteiger partial charge in [0.1, 0.15) is 5.76 Å². The molecule has 1 N–H and O–H groups in total. The molecule has 2 aromatic carbocycles. The number of allylic oxidation sites excluding steroid dienone is 1. The van der Waals surface area contributed by atoms with Gasteiger partial charge in [0.05, 0.1) is 0 Å². The predicted molar refractivity (Wildman–Crippen MR) is 98.9 cm³/mol. The summed E-state index contributed by atoms with van der Waals surface area (Å²) in [5.41, 5.74) is 6.00. The van der Waals surface area contributed by atoms with Crippen LogP contribution >= 0.6 is 0 Å². The second-order valence-corrected chi connectivity index (χ2v) is 6.76. The minimum absolute atomic E-state index is 0.0439. The Hall–Kier alpha value is -2.68. The number of aliphatic hydroxyl groups excluding tert-OH is 1. The number of benzene rings is 2. The molecule has 3 heteroatoms. The summed E-state index contributed by atoms with van der Waals surface area (Å²) in [6.07, 6.45) is 1.93. The van der Waals surface area contributed by atoms with Gasteiger partial charge in [-0.25, -0.2) is 0 Å². The molecule has 0 amide bonds. The zero-order chi connectivity index (χ0) is 18.1. The van der Waals surface area contributed by atoms with E-state index in [0.717, 1.165) is 6.42 Å². The fraction of sp³-hybridized carbons (Fsp3) is 0.273. The Kier molecular flexibility index (Phi) is 4.58. The van der Waals surface area contributed by atoms with Gasteiger partial charge >= 0.3 is 0 Å². The third-order valence-electron chi connectivity index (χ3n) is 4.89. The Morgan fingerprint density at radius 2 is 1.44 bits per heavy atom. The minimum Gasteiger partial charge on any atom is -0.507 e. The summed E-state index contributed by atoms with van der Waals surface area (Å²) < 4.78 is 0. The van der Waals surface area contributed by atoms with Crippen LogP contribution in [0.5, 0.6) is 0 Å². The lowest BCUT2D eigenvalue weighted by atomic mass is 9.85. The fourth-order valence-electron chi connectivity index (χ4n) is 3.70. The van der Waals surface area contributed by atoms with E-state index in [9.17, 15) is 14.7 Å². The highest BCUT2D eigenvalue weighted by atomic mass is 16.3. The third kappa shape index (κ3) is 3.14. The van der Waals surface area contributed by atoms with Crippen LogP contribution in [0.2, 0.25) is 0 Å². The molecule has 0 saturated heterocycles. The first kappa shape index (κ1) is 17.2. The van der Waals surface area contributed by atoms with Gasteiger partial charge in [0.2, 0.25) is 11.6 Å². The SMILES string of the molecule is Cc1cc(C)c(CCCC2=C(O)c3ccccc3C(=O)C2=O)c(C)c1. The normalized spacial score (nSPS) is 14.0. The highest BCUT2D eigenvalue weighted by Crippen LogP contribution is 2.30. The van der Waals surface area contributed by atoms with Crippen molar-refractivity contribution in [3.8, 4) is 0 Å². The van der Waals surface area contributed by atoms with Gasteiger partial charge in [0.25, 0.3) is 0 Å². The molecule has 0 bridgehead atoms. The maximum Gasteiger partial charge on any atom is 0.234 e. The van der Waals surface area contributed by atoms with E-state index in [1.165, 1.54) is 22.3 Å². The molecule has 0 fully saturated rings. The maximum absolute atomic E-state index is 12.4. The summed E-state index contributed by atoms with van der Waals surface area (Å²) in [6.45, 7) is 6.27. The van der Waals surface area contributed by atoms with Crippen LogP contribution in [-0.2, 0) is 11.2 Å². The van der Waals surface area contributed by atoms with Crippen LogP contribution in [0.3, 0.4) is 0 Å². The molecule has 1 aliphatic rings. The second kappa shape index (κ2) is 6.67. The van der Waals surface area contributed by atoms with Gasteiger partial charge in [-0.2, -0.15) is 0 Å². The van der Waals surface area contributed by atoms with Gasteiger partial charge in [-0.1, -0.05) is 42.0 Å². The number of aryl methyl sites for hydroxylation is 3. The second-order valence-electron chi connectivity index (χ2n) is 6.76. The van der Waals surface area contributed by atoms with E-state index in [-0.39, 0.29) is 11.3 Å². The van der Waals surface area contributed by atoms with Crippen molar-refractivity contribution in [1.29, 1.82) is 0 Å². The molecule has 0 spiro atoms. The fourth-order valence-corrected chi connectivity index (χ4v) is 3.70. The Morgan fingerprint density at radius 3 is 2.08 bits per heavy atom. The van der Waals surface area contributed by atoms with E-state index < -0.39 is 11.6 Å².